The van der Waals surface area contributed by atoms with Crippen molar-refractivity contribution in [2.45, 2.75) is 56.6 Å². The summed E-state index contributed by atoms with van der Waals surface area (Å²) in [5.41, 5.74) is 0.471. The van der Waals surface area contributed by atoms with Gasteiger partial charge in [-0.3, -0.25) is 0 Å². The Morgan fingerprint density at radius 1 is 0.815 bits per heavy atom. The van der Waals surface area contributed by atoms with Crippen LogP contribution < -0.4 is 0 Å². The summed E-state index contributed by atoms with van der Waals surface area (Å²) in [6.45, 7) is 0.689. The van der Waals surface area contributed by atoms with Gasteiger partial charge < -0.3 is 0 Å². The molecule has 0 saturated carbocycles. The van der Waals surface area contributed by atoms with Gasteiger partial charge in [-0.05, 0) is 31.2 Å². The molecule has 1 aromatic rings. The zero-order chi connectivity index (χ0) is 20.0. The largest absolute Gasteiger partial charge is 0.234 e. The van der Waals surface area contributed by atoms with Crippen LogP contribution in [0.2, 0.25) is 0 Å². The van der Waals surface area contributed by atoms with Gasteiger partial charge in [-0.1, -0.05) is 43.2 Å². The Bertz CT molecular complexity index is 749. The van der Waals surface area contributed by atoms with Gasteiger partial charge in [-0.25, -0.2) is 12.7 Å². The van der Waals surface area contributed by atoms with Gasteiger partial charge in [0.25, 0.3) is 0 Å². The molecule has 27 heavy (non-hydrogen) atoms. The molecule has 0 saturated heterocycles. The zero-order valence-corrected chi connectivity index (χ0v) is 16.4. The van der Waals surface area contributed by atoms with E-state index in [0.29, 0.717) is 44.3 Å². The van der Waals surface area contributed by atoms with Gasteiger partial charge in [0.05, 0.1) is 18.2 Å². The van der Waals surface area contributed by atoms with Crippen molar-refractivity contribution < 1.29 is 8.42 Å². The lowest BCUT2D eigenvalue weighted by molar-refractivity contribution is 0.384. The highest BCUT2D eigenvalue weighted by atomic mass is 32.2. The summed E-state index contributed by atoms with van der Waals surface area (Å²) in [5, 5.41) is 25.5. The van der Waals surface area contributed by atoms with Crippen molar-refractivity contribution in [1.82, 2.24) is 4.31 Å². The summed E-state index contributed by atoms with van der Waals surface area (Å²) in [7, 11) is -3.81. The maximum absolute atomic E-state index is 13.1. The van der Waals surface area contributed by atoms with Crippen LogP contribution in [-0.2, 0) is 10.0 Å². The summed E-state index contributed by atoms with van der Waals surface area (Å²) in [6.07, 6.45) is 5.28. The number of benzene rings is 1. The minimum atomic E-state index is -3.81. The average Bonchev–Trinajstić information content (AvgIpc) is 2.67. The highest BCUT2D eigenvalue weighted by Gasteiger charge is 2.32. The SMILES string of the molecule is N#CCCCCCN(CCCCCC#N)S(=O)(=O)C(C#N)c1ccccc1. The molecule has 0 fully saturated rings. The molecular formula is C20H26N4O2S. The van der Waals surface area contributed by atoms with Gasteiger partial charge in [0.2, 0.25) is 10.0 Å². The first kappa shape index (κ1) is 22.6. The van der Waals surface area contributed by atoms with Crippen LogP contribution in [0, 0.1) is 34.0 Å². The molecule has 0 aliphatic carbocycles. The van der Waals surface area contributed by atoms with Gasteiger partial charge in [0.1, 0.15) is 0 Å². The number of nitriles is 3. The van der Waals surface area contributed by atoms with E-state index in [1.807, 2.05) is 6.07 Å². The topological polar surface area (TPSA) is 109 Å². The maximum atomic E-state index is 13.1. The summed E-state index contributed by atoms with van der Waals surface area (Å²) < 4.78 is 27.6. The molecule has 0 heterocycles. The highest BCUT2D eigenvalue weighted by Crippen LogP contribution is 2.26. The van der Waals surface area contributed by atoms with E-state index in [-0.39, 0.29) is 0 Å². The van der Waals surface area contributed by atoms with E-state index < -0.39 is 15.3 Å². The van der Waals surface area contributed by atoms with Crippen LogP contribution in [0.15, 0.2) is 30.3 Å². The first-order chi connectivity index (χ1) is 13.1. The quantitative estimate of drug-likeness (QED) is 0.475. The standard InChI is InChI=1S/C20H26N4O2S/c21-14-8-1-3-10-16-24(17-11-4-2-9-15-22)27(25,26)20(18-23)19-12-6-5-7-13-19/h5-7,12-13,20H,1-4,8-11,16-17H2. The molecule has 1 atom stereocenters. The zero-order valence-electron chi connectivity index (χ0n) is 15.5. The van der Waals surface area contributed by atoms with E-state index >= 15 is 0 Å². The number of sulfonamides is 1. The Balaban J connectivity index is 2.84. The summed E-state index contributed by atoms with van der Waals surface area (Å²) in [5.74, 6) is 0. The minimum absolute atomic E-state index is 0.344. The molecule has 0 spiro atoms. The van der Waals surface area contributed by atoms with Gasteiger partial charge >= 0.3 is 0 Å². The van der Waals surface area contributed by atoms with Gasteiger partial charge in [-0.15, -0.1) is 0 Å². The van der Waals surface area contributed by atoms with Gasteiger partial charge in [0, 0.05) is 25.9 Å². The van der Waals surface area contributed by atoms with Crippen LogP contribution in [0.25, 0.3) is 0 Å². The first-order valence-corrected chi connectivity index (χ1v) is 10.8. The number of unbranched alkanes of at least 4 members (excludes halogenated alkanes) is 6. The normalized spacial score (nSPS) is 12.1. The molecule has 0 bridgehead atoms. The van der Waals surface area contributed by atoms with Crippen molar-refractivity contribution in [3.05, 3.63) is 35.9 Å². The van der Waals surface area contributed by atoms with Crippen LogP contribution in [0.1, 0.15) is 62.2 Å². The van der Waals surface area contributed by atoms with Crippen molar-refractivity contribution in [3.63, 3.8) is 0 Å². The molecule has 1 unspecified atom stereocenters. The highest BCUT2D eigenvalue weighted by molar-refractivity contribution is 7.89. The number of rotatable bonds is 13. The predicted octanol–water partition coefficient (Wildman–Crippen LogP) is 4.05. The van der Waals surface area contributed by atoms with E-state index in [1.165, 1.54) is 4.31 Å². The van der Waals surface area contributed by atoms with Gasteiger partial charge in [0.15, 0.2) is 5.25 Å². The summed E-state index contributed by atoms with van der Waals surface area (Å²) in [6, 6.07) is 14.7. The van der Waals surface area contributed by atoms with Crippen molar-refractivity contribution in [2.75, 3.05) is 13.1 Å². The average molecular weight is 387 g/mol. The van der Waals surface area contributed by atoms with Crippen molar-refractivity contribution in [3.8, 4) is 18.2 Å². The molecule has 1 aromatic carbocycles. The van der Waals surface area contributed by atoms with Crippen LogP contribution in [0.4, 0.5) is 0 Å². The Morgan fingerprint density at radius 3 is 1.78 bits per heavy atom. The first-order valence-electron chi connectivity index (χ1n) is 9.25. The molecule has 6 nitrogen and oxygen atoms in total. The Hall–Kier alpha value is -2.40. The lowest BCUT2D eigenvalue weighted by Gasteiger charge is -2.25. The lowest BCUT2D eigenvalue weighted by Crippen LogP contribution is -2.36. The molecule has 0 aliphatic rings. The van der Waals surface area contributed by atoms with Crippen LogP contribution in [-0.4, -0.2) is 25.8 Å². The monoisotopic (exact) mass is 386 g/mol. The molecule has 0 aliphatic heterocycles. The smallest absolute Gasteiger partial charge is 0.210 e. The van der Waals surface area contributed by atoms with E-state index in [1.54, 1.807) is 30.3 Å². The van der Waals surface area contributed by atoms with Gasteiger partial charge in [-0.2, -0.15) is 15.8 Å². The van der Waals surface area contributed by atoms with Crippen LogP contribution in [0.3, 0.4) is 0 Å². The molecule has 0 radical (unpaired) electrons. The fourth-order valence-electron chi connectivity index (χ4n) is 2.79. The Labute approximate surface area is 162 Å². The van der Waals surface area contributed by atoms with E-state index in [4.69, 9.17) is 10.5 Å². The van der Waals surface area contributed by atoms with E-state index in [2.05, 4.69) is 12.1 Å². The fourth-order valence-corrected chi connectivity index (χ4v) is 4.49. The van der Waals surface area contributed by atoms with Crippen molar-refractivity contribution in [2.24, 2.45) is 0 Å². The summed E-state index contributed by atoms with van der Waals surface area (Å²) >= 11 is 0. The Morgan fingerprint density at radius 2 is 1.33 bits per heavy atom. The third kappa shape index (κ3) is 7.79. The third-order valence-corrected chi connectivity index (χ3v) is 6.33. The number of nitrogens with zero attached hydrogens (tertiary/aromatic N) is 4. The summed E-state index contributed by atoms with van der Waals surface area (Å²) in [4.78, 5) is 0. The molecule has 144 valence electrons. The maximum Gasteiger partial charge on any atom is 0.234 e. The molecule has 0 N–H and O–H groups in total. The third-order valence-electron chi connectivity index (χ3n) is 4.27. The van der Waals surface area contributed by atoms with E-state index in [9.17, 15) is 13.7 Å². The predicted molar refractivity (Wildman–Crippen MR) is 103 cm³/mol. The molecular weight excluding hydrogens is 360 g/mol. The molecule has 0 amide bonds. The number of hydrogen-bond donors (Lipinski definition) is 0. The second-order valence-electron chi connectivity index (χ2n) is 6.30. The lowest BCUT2D eigenvalue weighted by atomic mass is 10.2. The minimum Gasteiger partial charge on any atom is -0.210 e. The number of hydrogen-bond acceptors (Lipinski definition) is 5. The van der Waals surface area contributed by atoms with Crippen LogP contribution >= 0.6 is 0 Å². The van der Waals surface area contributed by atoms with Crippen molar-refractivity contribution >= 4 is 10.0 Å². The van der Waals surface area contributed by atoms with Crippen molar-refractivity contribution in [1.29, 1.82) is 15.8 Å². The fraction of sp³-hybridized carbons (Fsp3) is 0.550. The van der Waals surface area contributed by atoms with E-state index in [0.717, 1.165) is 25.7 Å². The second-order valence-corrected chi connectivity index (χ2v) is 8.32. The molecule has 1 rings (SSSR count). The molecule has 0 aromatic heterocycles. The molecule has 7 heteroatoms. The van der Waals surface area contributed by atoms with Crippen LogP contribution in [0.5, 0.6) is 0 Å². The second kappa shape index (κ2) is 12.9. The Kier molecular flexibility index (Phi) is 10.8.